The molecule has 2 atom stereocenters. The second-order valence-electron chi connectivity index (χ2n) is 4.76. The fourth-order valence-electron chi connectivity index (χ4n) is 2.24. The minimum Gasteiger partial charge on any atom is -0.378 e. The molecular weight excluding hydrogens is 192 g/mol. The Hall–Kier alpha value is -0.160. The summed E-state index contributed by atoms with van der Waals surface area (Å²) in [6, 6.07) is 0.462. The van der Waals surface area contributed by atoms with Crippen molar-refractivity contribution in [2.24, 2.45) is 0 Å². The van der Waals surface area contributed by atoms with Gasteiger partial charge in [-0.15, -0.1) is 0 Å². The van der Waals surface area contributed by atoms with Crippen molar-refractivity contribution in [2.45, 2.75) is 31.4 Å². The first-order valence-corrected chi connectivity index (χ1v) is 5.94. The maximum absolute atomic E-state index is 5.72. The zero-order valence-electron chi connectivity index (χ0n) is 9.55. The van der Waals surface area contributed by atoms with Crippen molar-refractivity contribution in [3.05, 3.63) is 0 Å². The lowest BCUT2D eigenvalue weighted by atomic mass is 10.0. The average Bonchev–Trinajstić information content (AvgIpc) is 2.67. The van der Waals surface area contributed by atoms with E-state index < -0.39 is 0 Å². The Morgan fingerprint density at radius 2 is 2.40 bits per heavy atom. The van der Waals surface area contributed by atoms with Crippen LogP contribution in [0.25, 0.3) is 0 Å². The summed E-state index contributed by atoms with van der Waals surface area (Å²) >= 11 is 0. The van der Waals surface area contributed by atoms with Gasteiger partial charge >= 0.3 is 0 Å². The number of rotatable bonds is 4. The van der Waals surface area contributed by atoms with E-state index in [1.165, 1.54) is 12.8 Å². The van der Waals surface area contributed by atoms with Crippen LogP contribution < -0.4 is 10.6 Å². The number of ether oxygens (including phenoxy) is 2. The summed E-state index contributed by atoms with van der Waals surface area (Å²) in [5.74, 6) is 0. The maximum Gasteiger partial charge on any atom is 0.0779 e. The summed E-state index contributed by atoms with van der Waals surface area (Å²) in [6.07, 6.45) is 2.37. The molecular formula is C11H22N2O2. The molecule has 2 unspecified atom stereocenters. The van der Waals surface area contributed by atoms with Gasteiger partial charge in [0.05, 0.1) is 18.8 Å². The van der Waals surface area contributed by atoms with Crippen LogP contribution >= 0.6 is 0 Å². The molecule has 0 aliphatic carbocycles. The minimum atomic E-state index is 0.0650. The highest BCUT2D eigenvalue weighted by Crippen LogP contribution is 2.23. The van der Waals surface area contributed by atoms with Gasteiger partial charge in [0.15, 0.2) is 0 Å². The highest BCUT2D eigenvalue weighted by Gasteiger charge is 2.29. The minimum absolute atomic E-state index is 0.0650. The topological polar surface area (TPSA) is 42.5 Å². The quantitative estimate of drug-likeness (QED) is 0.698. The van der Waals surface area contributed by atoms with E-state index in [1.54, 1.807) is 0 Å². The molecule has 15 heavy (non-hydrogen) atoms. The molecule has 2 N–H and O–H groups in total. The predicted octanol–water partition coefficient (Wildman–Crippen LogP) is 0.134. The molecule has 4 nitrogen and oxygen atoms in total. The lowest BCUT2D eigenvalue weighted by Crippen LogP contribution is -2.49. The van der Waals surface area contributed by atoms with E-state index >= 15 is 0 Å². The van der Waals surface area contributed by atoms with E-state index in [1.807, 2.05) is 0 Å². The summed E-state index contributed by atoms with van der Waals surface area (Å²) in [5, 5.41) is 6.90. The fourth-order valence-corrected chi connectivity index (χ4v) is 2.24. The van der Waals surface area contributed by atoms with Crippen molar-refractivity contribution in [3.8, 4) is 0 Å². The normalized spacial score (nSPS) is 37.0. The molecule has 0 aromatic carbocycles. The lowest BCUT2D eigenvalue weighted by molar-refractivity contribution is 0.0184. The van der Waals surface area contributed by atoms with E-state index in [9.17, 15) is 0 Å². The van der Waals surface area contributed by atoms with Gasteiger partial charge in [0.1, 0.15) is 0 Å². The number of hydrogen-bond donors (Lipinski definition) is 2. The lowest BCUT2D eigenvalue weighted by Gasteiger charge is -2.27. The van der Waals surface area contributed by atoms with Crippen molar-refractivity contribution >= 4 is 0 Å². The maximum atomic E-state index is 5.72. The van der Waals surface area contributed by atoms with Crippen LogP contribution in [0.5, 0.6) is 0 Å². The van der Waals surface area contributed by atoms with Gasteiger partial charge in [-0.05, 0) is 19.8 Å². The van der Waals surface area contributed by atoms with Gasteiger partial charge < -0.3 is 20.1 Å². The molecule has 0 aromatic heterocycles. The van der Waals surface area contributed by atoms with Crippen LogP contribution in [0.3, 0.4) is 0 Å². The first-order valence-electron chi connectivity index (χ1n) is 5.94. The van der Waals surface area contributed by atoms with E-state index in [4.69, 9.17) is 9.47 Å². The van der Waals surface area contributed by atoms with Gasteiger partial charge in [-0.2, -0.15) is 0 Å². The second kappa shape index (κ2) is 5.25. The molecule has 0 aromatic rings. The van der Waals surface area contributed by atoms with Gasteiger partial charge in [0, 0.05) is 32.3 Å². The summed E-state index contributed by atoms with van der Waals surface area (Å²) in [7, 11) is 0. The van der Waals surface area contributed by atoms with Crippen molar-refractivity contribution in [1.29, 1.82) is 0 Å². The van der Waals surface area contributed by atoms with E-state index in [0.717, 1.165) is 39.5 Å². The smallest absolute Gasteiger partial charge is 0.0779 e. The van der Waals surface area contributed by atoms with Crippen molar-refractivity contribution < 1.29 is 9.47 Å². The Morgan fingerprint density at radius 3 is 3.07 bits per heavy atom. The van der Waals surface area contributed by atoms with E-state index in [-0.39, 0.29) is 5.60 Å². The largest absolute Gasteiger partial charge is 0.378 e. The molecule has 2 fully saturated rings. The zero-order valence-corrected chi connectivity index (χ0v) is 9.55. The Kier molecular flexibility index (Phi) is 3.97. The molecule has 0 spiro atoms. The molecule has 88 valence electrons. The van der Waals surface area contributed by atoms with Crippen LogP contribution in [0.1, 0.15) is 19.8 Å². The molecule has 0 bridgehead atoms. The van der Waals surface area contributed by atoms with Crippen molar-refractivity contribution in [2.75, 3.05) is 39.5 Å². The summed E-state index contributed by atoms with van der Waals surface area (Å²) in [5.41, 5.74) is 0.0650. The van der Waals surface area contributed by atoms with Crippen LogP contribution in [-0.2, 0) is 9.47 Å². The molecule has 0 amide bonds. The van der Waals surface area contributed by atoms with Gasteiger partial charge in [-0.25, -0.2) is 0 Å². The highest BCUT2D eigenvalue weighted by atomic mass is 16.5. The number of nitrogens with one attached hydrogen (secondary N) is 2. The summed E-state index contributed by atoms with van der Waals surface area (Å²) < 4.78 is 11.1. The molecule has 2 aliphatic rings. The molecule has 2 aliphatic heterocycles. The van der Waals surface area contributed by atoms with Crippen LogP contribution in [0.2, 0.25) is 0 Å². The van der Waals surface area contributed by atoms with Gasteiger partial charge in [-0.3, -0.25) is 0 Å². The van der Waals surface area contributed by atoms with Crippen LogP contribution in [0, 0.1) is 0 Å². The third-order valence-corrected chi connectivity index (χ3v) is 3.19. The number of hydrogen-bond acceptors (Lipinski definition) is 4. The fraction of sp³-hybridized carbons (Fsp3) is 1.00. The Balaban J connectivity index is 1.61. The van der Waals surface area contributed by atoms with Crippen LogP contribution in [0.15, 0.2) is 0 Å². The average molecular weight is 214 g/mol. The molecule has 0 radical (unpaired) electrons. The van der Waals surface area contributed by atoms with Gasteiger partial charge in [0.2, 0.25) is 0 Å². The predicted molar refractivity (Wildman–Crippen MR) is 59.1 cm³/mol. The molecule has 2 rings (SSSR count). The van der Waals surface area contributed by atoms with E-state index in [0.29, 0.717) is 6.04 Å². The summed E-state index contributed by atoms with van der Waals surface area (Å²) in [6.45, 7) is 7.67. The zero-order chi connectivity index (χ0) is 10.6. The first-order chi connectivity index (χ1) is 7.29. The molecule has 2 heterocycles. The second-order valence-corrected chi connectivity index (χ2v) is 4.76. The first kappa shape index (κ1) is 11.3. The SMILES string of the molecule is CC1(CNCC2COCCN2)CCCO1. The monoisotopic (exact) mass is 214 g/mol. The highest BCUT2D eigenvalue weighted by molar-refractivity contribution is 4.83. The molecule has 4 heteroatoms. The van der Waals surface area contributed by atoms with Crippen LogP contribution in [-0.4, -0.2) is 51.1 Å². The Bertz CT molecular complexity index is 187. The Labute approximate surface area is 91.7 Å². The van der Waals surface area contributed by atoms with Crippen molar-refractivity contribution in [3.63, 3.8) is 0 Å². The van der Waals surface area contributed by atoms with Gasteiger partial charge in [-0.1, -0.05) is 0 Å². The molecule has 0 saturated carbocycles. The Morgan fingerprint density at radius 1 is 1.47 bits per heavy atom. The molecule has 2 saturated heterocycles. The number of morpholine rings is 1. The van der Waals surface area contributed by atoms with Crippen LogP contribution in [0.4, 0.5) is 0 Å². The van der Waals surface area contributed by atoms with Gasteiger partial charge in [0.25, 0.3) is 0 Å². The third-order valence-electron chi connectivity index (χ3n) is 3.19. The third kappa shape index (κ3) is 3.41. The van der Waals surface area contributed by atoms with Crippen molar-refractivity contribution in [1.82, 2.24) is 10.6 Å². The van der Waals surface area contributed by atoms with E-state index in [2.05, 4.69) is 17.6 Å². The standard InChI is InChI=1S/C11H22N2O2/c1-11(3-2-5-15-11)9-12-7-10-8-14-6-4-13-10/h10,12-13H,2-9H2,1H3. The summed E-state index contributed by atoms with van der Waals surface area (Å²) in [4.78, 5) is 0.